The lowest BCUT2D eigenvalue weighted by Gasteiger charge is -2.11. The summed E-state index contributed by atoms with van der Waals surface area (Å²) in [7, 11) is -3.27. The second-order valence-corrected chi connectivity index (χ2v) is 7.74. The van der Waals surface area contributed by atoms with Crippen molar-refractivity contribution in [3.63, 3.8) is 0 Å². The fourth-order valence-corrected chi connectivity index (χ4v) is 3.97. The fraction of sp³-hybridized carbons (Fsp3) is 0.353. The van der Waals surface area contributed by atoms with Gasteiger partial charge in [0.25, 0.3) is 0 Å². The Balaban J connectivity index is 1.52. The number of benzene rings is 1. The molecule has 3 rings (SSSR count). The predicted molar refractivity (Wildman–Crippen MR) is 93.5 cm³/mol. The highest BCUT2D eigenvalue weighted by atomic mass is 32.2. The molecule has 2 N–H and O–H groups in total. The molecule has 6 nitrogen and oxygen atoms in total. The third-order valence-electron chi connectivity index (χ3n) is 3.90. The Hall–Kier alpha value is -1.96. The predicted octanol–water partition coefficient (Wildman–Crippen LogP) is 2.28. The van der Waals surface area contributed by atoms with Crippen LogP contribution < -0.4 is 10.0 Å². The lowest BCUT2D eigenvalue weighted by molar-refractivity contribution is 0.188. The third kappa shape index (κ3) is 5.02. The van der Waals surface area contributed by atoms with E-state index in [2.05, 4.69) is 15.0 Å². The Morgan fingerprint density at radius 1 is 1.08 bits per heavy atom. The van der Waals surface area contributed by atoms with Crippen molar-refractivity contribution in [1.82, 2.24) is 9.71 Å². The van der Waals surface area contributed by atoms with E-state index in [-0.39, 0.29) is 11.7 Å². The van der Waals surface area contributed by atoms with Crippen LogP contribution in [0.1, 0.15) is 12.0 Å². The van der Waals surface area contributed by atoms with Crippen LogP contribution in [0.4, 0.5) is 11.4 Å². The van der Waals surface area contributed by atoms with E-state index in [0.717, 1.165) is 23.4 Å². The molecule has 1 aromatic heterocycles. The van der Waals surface area contributed by atoms with Crippen molar-refractivity contribution in [2.75, 3.05) is 24.3 Å². The molecule has 0 bridgehead atoms. The summed E-state index contributed by atoms with van der Waals surface area (Å²) in [4.78, 5) is 3.97. The monoisotopic (exact) mass is 347 g/mol. The molecule has 0 radical (unpaired) electrons. The summed E-state index contributed by atoms with van der Waals surface area (Å²) in [5.41, 5.74) is 2.81. The molecule has 1 saturated heterocycles. The van der Waals surface area contributed by atoms with Gasteiger partial charge in [0.2, 0.25) is 10.0 Å². The fourth-order valence-electron chi connectivity index (χ4n) is 2.59. The molecular weight excluding hydrogens is 326 g/mol. The van der Waals surface area contributed by atoms with Crippen LogP contribution in [0.3, 0.4) is 0 Å². The molecule has 24 heavy (non-hydrogen) atoms. The Morgan fingerprint density at radius 3 is 2.46 bits per heavy atom. The first-order chi connectivity index (χ1) is 11.6. The minimum Gasteiger partial charge on any atom is -0.381 e. The van der Waals surface area contributed by atoms with E-state index in [4.69, 9.17) is 4.74 Å². The lowest BCUT2D eigenvalue weighted by atomic mass is 10.2. The number of rotatable bonds is 7. The zero-order chi connectivity index (χ0) is 16.8. The van der Waals surface area contributed by atoms with E-state index < -0.39 is 10.0 Å². The van der Waals surface area contributed by atoms with Gasteiger partial charge in [-0.2, -0.15) is 0 Å². The number of aromatic nitrogens is 1. The summed E-state index contributed by atoms with van der Waals surface area (Å²) in [6.45, 7) is 1.49. The average molecular weight is 347 g/mol. The summed E-state index contributed by atoms with van der Waals surface area (Å²) in [5, 5.41) is 3.26. The number of sulfonamides is 1. The minimum absolute atomic E-state index is 0.106. The number of nitrogens with zero attached hydrogens (tertiary/aromatic N) is 1. The molecular formula is C17H21N3O3S. The van der Waals surface area contributed by atoms with Crippen LogP contribution in [0.25, 0.3) is 0 Å². The van der Waals surface area contributed by atoms with Gasteiger partial charge in [-0.25, -0.2) is 13.1 Å². The van der Waals surface area contributed by atoms with Crippen molar-refractivity contribution in [3.8, 4) is 0 Å². The van der Waals surface area contributed by atoms with Crippen LogP contribution in [-0.2, 0) is 21.3 Å². The summed E-state index contributed by atoms with van der Waals surface area (Å²) >= 11 is 0. The largest absolute Gasteiger partial charge is 0.381 e. The molecule has 2 heterocycles. The van der Waals surface area contributed by atoms with E-state index in [1.54, 1.807) is 12.4 Å². The van der Waals surface area contributed by atoms with Crippen molar-refractivity contribution in [2.45, 2.75) is 13.0 Å². The minimum atomic E-state index is -3.27. The molecule has 1 aromatic carbocycles. The third-order valence-corrected chi connectivity index (χ3v) is 5.39. The highest BCUT2D eigenvalue weighted by Crippen LogP contribution is 2.17. The van der Waals surface area contributed by atoms with Gasteiger partial charge in [0, 0.05) is 36.9 Å². The molecule has 0 amide bonds. The molecule has 1 fully saturated rings. The Kier molecular flexibility index (Phi) is 5.44. The quantitative estimate of drug-likeness (QED) is 0.803. The van der Waals surface area contributed by atoms with Crippen molar-refractivity contribution in [1.29, 1.82) is 0 Å². The lowest BCUT2D eigenvalue weighted by Crippen LogP contribution is -2.29. The van der Waals surface area contributed by atoms with Crippen LogP contribution in [0, 0.1) is 5.92 Å². The van der Waals surface area contributed by atoms with Crippen LogP contribution in [0.2, 0.25) is 0 Å². The molecule has 0 aliphatic carbocycles. The van der Waals surface area contributed by atoms with Gasteiger partial charge in [0.05, 0.1) is 12.4 Å². The smallest absolute Gasteiger partial charge is 0.212 e. The summed E-state index contributed by atoms with van der Waals surface area (Å²) in [6, 6.07) is 11.4. The first-order valence-electron chi connectivity index (χ1n) is 7.92. The van der Waals surface area contributed by atoms with E-state index >= 15 is 0 Å². The molecule has 0 spiro atoms. The van der Waals surface area contributed by atoms with E-state index in [1.807, 2.05) is 36.4 Å². The van der Waals surface area contributed by atoms with Crippen LogP contribution in [0.15, 0.2) is 48.8 Å². The van der Waals surface area contributed by atoms with Gasteiger partial charge in [-0.1, -0.05) is 12.1 Å². The van der Waals surface area contributed by atoms with Gasteiger partial charge in [0.1, 0.15) is 0 Å². The first kappa shape index (κ1) is 16.9. The topological polar surface area (TPSA) is 80.3 Å². The zero-order valence-corrected chi connectivity index (χ0v) is 14.1. The van der Waals surface area contributed by atoms with Crippen LogP contribution >= 0.6 is 0 Å². The maximum atomic E-state index is 12.1. The van der Waals surface area contributed by atoms with Crippen LogP contribution in [0.5, 0.6) is 0 Å². The zero-order valence-electron chi connectivity index (χ0n) is 13.3. The second kappa shape index (κ2) is 7.74. The van der Waals surface area contributed by atoms with Gasteiger partial charge >= 0.3 is 0 Å². The number of pyridine rings is 1. The van der Waals surface area contributed by atoms with Gasteiger partial charge in [-0.15, -0.1) is 0 Å². The maximum Gasteiger partial charge on any atom is 0.212 e. The molecule has 2 aromatic rings. The Labute approximate surface area is 142 Å². The molecule has 1 aliphatic rings. The molecule has 1 atom stereocenters. The number of anilines is 2. The number of hydrogen-bond donors (Lipinski definition) is 2. The van der Waals surface area contributed by atoms with Gasteiger partial charge in [-0.3, -0.25) is 4.98 Å². The van der Waals surface area contributed by atoms with Gasteiger partial charge < -0.3 is 10.1 Å². The molecule has 7 heteroatoms. The Bertz CT molecular complexity index is 742. The number of hydrogen-bond acceptors (Lipinski definition) is 5. The highest BCUT2D eigenvalue weighted by Gasteiger charge is 2.22. The van der Waals surface area contributed by atoms with Crippen molar-refractivity contribution in [2.24, 2.45) is 5.92 Å². The standard InChI is InChI=1S/C17H21N3O3S/c21-24(22,13-15-7-10-23-12-15)19-11-14-1-3-16(4-2-14)20-17-5-8-18-9-6-17/h1-6,8-9,15,19H,7,10-13H2,(H,18,20). The van der Waals surface area contributed by atoms with Crippen molar-refractivity contribution < 1.29 is 13.2 Å². The van der Waals surface area contributed by atoms with E-state index in [9.17, 15) is 8.42 Å². The first-order valence-corrected chi connectivity index (χ1v) is 9.57. The summed E-state index contributed by atoms with van der Waals surface area (Å²) < 4.78 is 32.1. The maximum absolute atomic E-state index is 12.1. The van der Waals surface area contributed by atoms with E-state index in [0.29, 0.717) is 19.8 Å². The van der Waals surface area contributed by atoms with Crippen molar-refractivity contribution >= 4 is 21.4 Å². The number of ether oxygens (including phenoxy) is 1. The van der Waals surface area contributed by atoms with Crippen LogP contribution in [-0.4, -0.2) is 32.4 Å². The SMILES string of the molecule is O=S(=O)(CC1CCOC1)NCc1ccc(Nc2ccncc2)cc1. The summed E-state index contributed by atoms with van der Waals surface area (Å²) in [6.07, 6.45) is 4.26. The second-order valence-electron chi connectivity index (χ2n) is 5.89. The van der Waals surface area contributed by atoms with Gasteiger partial charge in [0.15, 0.2) is 0 Å². The van der Waals surface area contributed by atoms with E-state index in [1.165, 1.54) is 0 Å². The normalized spacial score (nSPS) is 17.8. The average Bonchev–Trinajstić information content (AvgIpc) is 3.07. The Morgan fingerprint density at radius 2 is 1.79 bits per heavy atom. The summed E-state index contributed by atoms with van der Waals surface area (Å²) in [5.74, 6) is 0.240. The molecule has 1 aliphatic heterocycles. The number of nitrogens with one attached hydrogen (secondary N) is 2. The molecule has 1 unspecified atom stereocenters. The van der Waals surface area contributed by atoms with Crippen molar-refractivity contribution in [3.05, 3.63) is 54.4 Å². The van der Waals surface area contributed by atoms with Gasteiger partial charge in [-0.05, 0) is 42.2 Å². The molecule has 128 valence electrons. The molecule has 0 saturated carbocycles. The highest BCUT2D eigenvalue weighted by molar-refractivity contribution is 7.89.